The first kappa shape index (κ1) is 23.0. The zero-order valence-electron chi connectivity index (χ0n) is 19.6. The van der Waals surface area contributed by atoms with Crippen molar-refractivity contribution in [1.82, 2.24) is 9.80 Å². The van der Waals surface area contributed by atoms with E-state index in [0.717, 1.165) is 12.1 Å². The van der Waals surface area contributed by atoms with Crippen molar-refractivity contribution >= 4 is 0 Å². The summed E-state index contributed by atoms with van der Waals surface area (Å²) in [5, 5.41) is 0. The van der Waals surface area contributed by atoms with Crippen molar-refractivity contribution in [3.8, 4) is 0 Å². The van der Waals surface area contributed by atoms with E-state index >= 15 is 0 Å². The second-order valence-electron chi connectivity index (χ2n) is 12.4. The minimum Gasteiger partial charge on any atom is -0.295 e. The van der Waals surface area contributed by atoms with E-state index in [4.69, 9.17) is 0 Å². The Morgan fingerprint density at radius 2 is 0.880 bits per heavy atom. The van der Waals surface area contributed by atoms with E-state index in [1.807, 2.05) is 0 Å². The summed E-state index contributed by atoms with van der Waals surface area (Å²) >= 11 is 0. The van der Waals surface area contributed by atoms with E-state index in [0.29, 0.717) is 21.9 Å². The third-order valence-electron chi connectivity index (χ3n) is 6.00. The fourth-order valence-electron chi connectivity index (χ4n) is 4.56. The smallest absolute Gasteiger partial charge is 0.0161 e. The molecule has 25 heavy (non-hydrogen) atoms. The molecule has 0 saturated carbocycles. The van der Waals surface area contributed by atoms with Crippen LogP contribution in [0.5, 0.6) is 0 Å². The van der Waals surface area contributed by atoms with Crippen LogP contribution < -0.4 is 0 Å². The molecule has 2 aliphatic heterocycles. The van der Waals surface area contributed by atoms with Gasteiger partial charge in [-0.05, 0) is 78.2 Å². The van der Waals surface area contributed by atoms with E-state index < -0.39 is 0 Å². The standard InChI is InChI=1S/C12H25N.C11H23N/c1-11(2,3)10-8-7-9-13(10)12(4,5)6;1-10(2,3)9-7-8-12(9)11(4,5)6/h10H,7-9H2,1-6H3;9H,7-8H2,1-6H3. The molecule has 0 aromatic carbocycles. The minimum atomic E-state index is 0.342. The number of rotatable bonds is 0. The summed E-state index contributed by atoms with van der Waals surface area (Å²) in [5.41, 5.74) is 1.58. The van der Waals surface area contributed by atoms with Crippen LogP contribution in [0.25, 0.3) is 0 Å². The average molecular weight is 353 g/mol. The molecule has 0 bridgehead atoms. The summed E-state index contributed by atoms with van der Waals surface area (Å²) in [6, 6.07) is 1.56. The van der Waals surface area contributed by atoms with Gasteiger partial charge < -0.3 is 0 Å². The average Bonchev–Trinajstić information content (AvgIpc) is 2.69. The van der Waals surface area contributed by atoms with Crippen LogP contribution in [0.1, 0.15) is 102 Å². The predicted octanol–water partition coefficient (Wildman–Crippen LogP) is 6.20. The minimum absolute atomic E-state index is 0.342. The molecule has 2 atom stereocenters. The molecule has 2 unspecified atom stereocenters. The Balaban J connectivity index is 0.000000251. The highest BCUT2D eigenvalue weighted by atomic mass is 15.3. The molecule has 150 valence electrons. The molecule has 2 aliphatic rings. The maximum absolute atomic E-state index is 2.67. The van der Waals surface area contributed by atoms with Crippen molar-refractivity contribution in [3.05, 3.63) is 0 Å². The lowest BCUT2D eigenvalue weighted by Gasteiger charge is -2.55. The molecule has 2 heteroatoms. The molecule has 0 aromatic rings. The Bertz CT molecular complexity index is 371. The molecule has 0 radical (unpaired) electrons. The van der Waals surface area contributed by atoms with Crippen molar-refractivity contribution in [1.29, 1.82) is 0 Å². The predicted molar refractivity (Wildman–Crippen MR) is 113 cm³/mol. The van der Waals surface area contributed by atoms with Gasteiger partial charge in [0.15, 0.2) is 0 Å². The molecular weight excluding hydrogens is 304 g/mol. The summed E-state index contributed by atoms with van der Waals surface area (Å²) in [4.78, 5) is 5.29. The molecule has 2 fully saturated rings. The van der Waals surface area contributed by atoms with Crippen molar-refractivity contribution in [3.63, 3.8) is 0 Å². The maximum atomic E-state index is 2.67. The normalized spacial score (nSPS) is 26.9. The Hall–Kier alpha value is -0.0800. The van der Waals surface area contributed by atoms with Gasteiger partial charge in [-0.15, -0.1) is 0 Å². The van der Waals surface area contributed by atoms with E-state index in [2.05, 4.69) is 92.9 Å². The number of hydrogen-bond donors (Lipinski definition) is 0. The lowest BCUT2D eigenvalue weighted by molar-refractivity contribution is -0.0530. The Labute approximate surface area is 159 Å². The van der Waals surface area contributed by atoms with Crippen LogP contribution in [-0.4, -0.2) is 46.1 Å². The molecule has 0 amide bonds. The van der Waals surface area contributed by atoms with Crippen LogP contribution >= 0.6 is 0 Å². The van der Waals surface area contributed by atoms with Gasteiger partial charge in [0, 0.05) is 29.7 Å². The molecule has 2 nitrogen and oxygen atoms in total. The SMILES string of the molecule is CC(C)(C)C1CCCN1C(C)(C)C.CC(C)(C)C1CCN1C(C)(C)C. The Kier molecular flexibility index (Phi) is 6.89. The summed E-state index contributed by atoms with van der Waals surface area (Å²) in [6.07, 6.45) is 4.13. The Morgan fingerprint density at radius 1 is 0.520 bits per heavy atom. The lowest BCUT2D eigenvalue weighted by atomic mass is 9.76. The molecular formula is C23H48N2. The largest absolute Gasteiger partial charge is 0.295 e. The highest BCUT2D eigenvalue weighted by Crippen LogP contribution is 2.38. The van der Waals surface area contributed by atoms with Gasteiger partial charge in [0.05, 0.1) is 0 Å². The molecule has 2 rings (SSSR count). The zero-order chi connectivity index (χ0) is 19.8. The number of hydrogen-bond acceptors (Lipinski definition) is 2. The molecule has 2 saturated heterocycles. The third-order valence-corrected chi connectivity index (χ3v) is 6.00. The van der Waals surface area contributed by atoms with Crippen molar-refractivity contribution in [2.75, 3.05) is 13.1 Å². The second-order valence-corrected chi connectivity index (χ2v) is 12.4. The van der Waals surface area contributed by atoms with Gasteiger partial charge in [0.1, 0.15) is 0 Å². The van der Waals surface area contributed by atoms with Gasteiger partial charge in [0.25, 0.3) is 0 Å². The molecule has 2 heterocycles. The van der Waals surface area contributed by atoms with E-state index in [1.54, 1.807) is 0 Å². The molecule has 0 aromatic heterocycles. The Morgan fingerprint density at radius 3 is 1.08 bits per heavy atom. The van der Waals surface area contributed by atoms with E-state index in [1.165, 1.54) is 32.4 Å². The molecule has 0 spiro atoms. The summed E-state index contributed by atoms with van der Waals surface area (Å²) in [5.74, 6) is 0. The highest BCUT2D eigenvalue weighted by Gasteiger charge is 2.42. The van der Waals surface area contributed by atoms with Crippen molar-refractivity contribution < 1.29 is 0 Å². The maximum Gasteiger partial charge on any atom is 0.0161 e. The van der Waals surface area contributed by atoms with Gasteiger partial charge in [0.2, 0.25) is 0 Å². The summed E-state index contributed by atoms with van der Waals surface area (Å²) in [7, 11) is 0. The van der Waals surface area contributed by atoms with Gasteiger partial charge in [-0.25, -0.2) is 0 Å². The second kappa shape index (κ2) is 7.50. The fourth-order valence-corrected chi connectivity index (χ4v) is 4.56. The van der Waals surface area contributed by atoms with E-state index in [-0.39, 0.29) is 0 Å². The first-order valence-electron chi connectivity index (χ1n) is 10.5. The zero-order valence-corrected chi connectivity index (χ0v) is 19.6. The van der Waals surface area contributed by atoms with Gasteiger partial charge in [-0.3, -0.25) is 9.80 Å². The van der Waals surface area contributed by atoms with Gasteiger partial charge >= 0.3 is 0 Å². The highest BCUT2D eigenvalue weighted by molar-refractivity contribution is 4.97. The van der Waals surface area contributed by atoms with Crippen molar-refractivity contribution in [2.24, 2.45) is 10.8 Å². The molecule has 0 N–H and O–H groups in total. The summed E-state index contributed by atoms with van der Waals surface area (Å²) < 4.78 is 0. The lowest BCUT2D eigenvalue weighted by Crippen LogP contribution is -2.61. The quantitative estimate of drug-likeness (QED) is 0.512. The van der Waals surface area contributed by atoms with Gasteiger partial charge in [-0.2, -0.15) is 0 Å². The van der Waals surface area contributed by atoms with Crippen LogP contribution in [0.4, 0.5) is 0 Å². The van der Waals surface area contributed by atoms with Crippen molar-refractivity contribution in [2.45, 2.75) is 126 Å². The third kappa shape index (κ3) is 6.24. The molecule has 0 aliphatic carbocycles. The van der Waals surface area contributed by atoms with E-state index in [9.17, 15) is 0 Å². The first-order valence-corrected chi connectivity index (χ1v) is 10.5. The van der Waals surface area contributed by atoms with Crippen LogP contribution in [0.3, 0.4) is 0 Å². The van der Waals surface area contributed by atoms with Crippen LogP contribution in [0, 0.1) is 10.8 Å². The van der Waals surface area contributed by atoms with Crippen LogP contribution in [0.15, 0.2) is 0 Å². The summed E-state index contributed by atoms with van der Waals surface area (Å²) in [6.45, 7) is 30.6. The number of nitrogens with zero attached hydrogens (tertiary/aromatic N) is 2. The van der Waals surface area contributed by atoms with Gasteiger partial charge in [-0.1, -0.05) is 41.5 Å². The first-order chi connectivity index (χ1) is 11.0. The monoisotopic (exact) mass is 352 g/mol. The fraction of sp³-hybridized carbons (Fsp3) is 1.00. The van der Waals surface area contributed by atoms with Crippen LogP contribution in [0.2, 0.25) is 0 Å². The topological polar surface area (TPSA) is 6.48 Å². The number of likely N-dealkylation sites (tertiary alicyclic amines) is 2. The van der Waals surface area contributed by atoms with Crippen LogP contribution in [-0.2, 0) is 0 Å².